The van der Waals surface area contributed by atoms with Crippen molar-refractivity contribution in [3.05, 3.63) is 43.2 Å². The lowest BCUT2D eigenvalue weighted by molar-refractivity contribution is -0.0349. The highest BCUT2D eigenvalue weighted by atomic mass is 16.5. The molecule has 76 valence electrons. The second-order valence-corrected chi connectivity index (χ2v) is 3.02. The van der Waals surface area contributed by atoms with E-state index >= 15 is 0 Å². The fourth-order valence-corrected chi connectivity index (χ4v) is 1.28. The first-order valence-corrected chi connectivity index (χ1v) is 4.74. The Morgan fingerprint density at radius 3 is 2.71 bits per heavy atom. The lowest BCUT2D eigenvalue weighted by Crippen LogP contribution is -2.31. The molecule has 1 aliphatic carbocycles. The molecule has 0 N–H and O–H groups in total. The molecule has 0 amide bonds. The minimum atomic E-state index is -0.0158. The van der Waals surface area contributed by atoms with Gasteiger partial charge in [0.05, 0.1) is 19.3 Å². The molecule has 0 bridgehead atoms. The van der Waals surface area contributed by atoms with E-state index in [9.17, 15) is 0 Å². The molecular formula is C12H16O2. The normalized spacial score (nSPS) is 24.9. The molecular weight excluding hydrogens is 176 g/mol. The maximum Gasteiger partial charge on any atom is 0.110 e. The Hall–Kier alpha value is -1.08. The van der Waals surface area contributed by atoms with Crippen molar-refractivity contribution >= 4 is 0 Å². The first-order valence-electron chi connectivity index (χ1n) is 4.74. The van der Waals surface area contributed by atoms with E-state index in [-0.39, 0.29) is 12.2 Å². The summed E-state index contributed by atoms with van der Waals surface area (Å²) in [5.74, 6) is 0. The molecule has 2 nitrogen and oxygen atoms in total. The van der Waals surface area contributed by atoms with Crippen molar-refractivity contribution < 1.29 is 9.47 Å². The van der Waals surface area contributed by atoms with Gasteiger partial charge in [0.15, 0.2) is 0 Å². The van der Waals surface area contributed by atoms with E-state index in [0.29, 0.717) is 13.2 Å². The van der Waals surface area contributed by atoms with Crippen molar-refractivity contribution in [3.63, 3.8) is 0 Å². The summed E-state index contributed by atoms with van der Waals surface area (Å²) in [6.45, 7) is 8.32. The van der Waals surface area contributed by atoms with Crippen LogP contribution in [0.15, 0.2) is 43.2 Å². The minimum absolute atomic E-state index is 0.0158. The van der Waals surface area contributed by atoms with Crippen molar-refractivity contribution in [2.45, 2.75) is 18.6 Å². The summed E-state index contributed by atoms with van der Waals surface area (Å²) in [5, 5.41) is 0. The van der Waals surface area contributed by atoms with Gasteiger partial charge in [-0.15, -0.1) is 18.9 Å². The van der Waals surface area contributed by atoms with E-state index in [1.807, 2.05) is 12.2 Å². The fraction of sp³-hybridized carbons (Fsp3) is 0.417. The Morgan fingerprint density at radius 2 is 2.00 bits per heavy atom. The van der Waals surface area contributed by atoms with Crippen molar-refractivity contribution in [1.82, 2.24) is 0 Å². The Labute approximate surface area is 85.2 Å². The molecule has 2 unspecified atom stereocenters. The molecule has 2 heteroatoms. The fourth-order valence-electron chi connectivity index (χ4n) is 1.28. The Kier molecular flexibility index (Phi) is 5.02. The van der Waals surface area contributed by atoms with Crippen molar-refractivity contribution in [2.24, 2.45) is 0 Å². The molecule has 0 spiro atoms. The van der Waals surface area contributed by atoms with Gasteiger partial charge < -0.3 is 9.47 Å². The molecule has 0 aliphatic heterocycles. The quantitative estimate of drug-likeness (QED) is 0.474. The molecule has 0 saturated heterocycles. The molecule has 0 aromatic carbocycles. The van der Waals surface area contributed by atoms with Gasteiger partial charge in [-0.3, -0.25) is 0 Å². The van der Waals surface area contributed by atoms with Crippen LogP contribution in [0.25, 0.3) is 0 Å². The van der Waals surface area contributed by atoms with Crippen LogP contribution in [0.3, 0.4) is 0 Å². The van der Waals surface area contributed by atoms with Crippen LogP contribution < -0.4 is 0 Å². The summed E-state index contributed by atoms with van der Waals surface area (Å²) in [6, 6.07) is 0. The van der Waals surface area contributed by atoms with Crippen LogP contribution in [0.1, 0.15) is 6.42 Å². The summed E-state index contributed by atoms with van der Waals surface area (Å²) in [7, 11) is 0. The zero-order valence-corrected chi connectivity index (χ0v) is 8.32. The van der Waals surface area contributed by atoms with E-state index in [1.165, 1.54) is 0 Å². The topological polar surface area (TPSA) is 18.5 Å². The maximum atomic E-state index is 5.56. The van der Waals surface area contributed by atoms with Gasteiger partial charge in [0, 0.05) is 6.42 Å². The van der Waals surface area contributed by atoms with Crippen LogP contribution in [0.4, 0.5) is 0 Å². The van der Waals surface area contributed by atoms with Crippen LogP contribution >= 0.6 is 0 Å². The highest BCUT2D eigenvalue weighted by molar-refractivity contribution is 5.02. The van der Waals surface area contributed by atoms with Gasteiger partial charge in [-0.1, -0.05) is 12.2 Å². The van der Waals surface area contributed by atoms with Gasteiger partial charge in [0.1, 0.15) is 6.10 Å². The smallest absolute Gasteiger partial charge is 0.110 e. The zero-order chi connectivity index (χ0) is 10.2. The second-order valence-electron chi connectivity index (χ2n) is 3.02. The highest BCUT2D eigenvalue weighted by Gasteiger charge is 2.20. The number of ether oxygens (including phenoxy) is 2. The van der Waals surface area contributed by atoms with E-state index in [2.05, 4.69) is 18.9 Å². The first-order chi connectivity index (χ1) is 6.88. The van der Waals surface area contributed by atoms with Gasteiger partial charge in [-0.05, 0) is 12.2 Å². The monoisotopic (exact) mass is 192 g/mol. The molecule has 14 heavy (non-hydrogen) atoms. The van der Waals surface area contributed by atoms with Gasteiger partial charge in [-0.2, -0.15) is 0 Å². The molecule has 0 saturated carbocycles. The molecule has 0 heterocycles. The lowest BCUT2D eigenvalue weighted by Gasteiger charge is -2.24. The zero-order valence-electron chi connectivity index (χ0n) is 8.32. The third-order valence-corrected chi connectivity index (χ3v) is 1.93. The van der Waals surface area contributed by atoms with Crippen LogP contribution in [0.5, 0.6) is 0 Å². The SMILES string of the molecule is C=CCOC1C=C=CCC1OCC=C. The molecule has 1 rings (SSSR count). The lowest BCUT2D eigenvalue weighted by atomic mass is 10.1. The first kappa shape index (κ1) is 11.0. The molecule has 0 aromatic rings. The standard InChI is InChI=1S/C12H16O2/c1-3-9-13-11-7-5-6-8-12(11)14-10-4-2/h3-5,8,11-12H,1-2,7,9-10H2. The second kappa shape index (κ2) is 6.39. The van der Waals surface area contributed by atoms with Gasteiger partial charge >= 0.3 is 0 Å². The summed E-state index contributed by atoms with van der Waals surface area (Å²) in [4.78, 5) is 0. The summed E-state index contributed by atoms with van der Waals surface area (Å²) in [5.41, 5.74) is 3.04. The minimum Gasteiger partial charge on any atom is -0.371 e. The third-order valence-electron chi connectivity index (χ3n) is 1.93. The van der Waals surface area contributed by atoms with Crippen molar-refractivity contribution in [1.29, 1.82) is 0 Å². The van der Waals surface area contributed by atoms with Gasteiger partial charge in [-0.25, -0.2) is 0 Å². The van der Waals surface area contributed by atoms with Crippen molar-refractivity contribution in [3.8, 4) is 0 Å². The van der Waals surface area contributed by atoms with E-state index < -0.39 is 0 Å². The Balaban J connectivity index is 2.43. The Morgan fingerprint density at radius 1 is 1.29 bits per heavy atom. The molecule has 0 radical (unpaired) electrons. The summed E-state index contributed by atoms with van der Waals surface area (Å²) < 4.78 is 11.1. The maximum absolute atomic E-state index is 5.56. The van der Waals surface area contributed by atoms with E-state index in [0.717, 1.165) is 6.42 Å². The summed E-state index contributed by atoms with van der Waals surface area (Å²) in [6.07, 6.45) is 8.23. The predicted octanol–water partition coefficient (Wildman–Crippen LogP) is 2.24. The largest absolute Gasteiger partial charge is 0.371 e. The van der Waals surface area contributed by atoms with Crippen LogP contribution in [0, 0.1) is 0 Å². The van der Waals surface area contributed by atoms with Crippen molar-refractivity contribution in [2.75, 3.05) is 13.2 Å². The van der Waals surface area contributed by atoms with Gasteiger partial charge in [0.2, 0.25) is 0 Å². The van der Waals surface area contributed by atoms with Crippen LogP contribution in [0.2, 0.25) is 0 Å². The molecule has 0 aromatic heterocycles. The molecule has 1 aliphatic rings. The number of hydrogen-bond acceptors (Lipinski definition) is 2. The molecule has 2 atom stereocenters. The van der Waals surface area contributed by atoms with Gasteiger partial charge in [0.25, 0.3) is 0 Å². The average Bonchev–Trinajstić information content (AvgIpc) is 2.24. The summed E-state index contributed by atoms with van der Waals surface area (Å²) >= 11 is 0. The number of hydrogen-bond donors (Lipinski definition) is 0. The third kappa shape index (κ3) is 3.35. The van der Waals surface area contributed by atoms with Crippen LogP contribution in [-0.2, 0) is 9.47 Å². The number of rotatable bonds is 6. The van der Waals surface area contributed by atoms with E-state index in [4.69, 9.17) is 9.47 Å². The average molecular weight is 192 g/mol. The van der Waals surface area contributed by atoms with E-state index in [1.54, 1.807) is 12.2 Å². The predicted molar refractivity (Wildman–Crippen MR) is 57.1 cm³/mol. The Bertz CT molecular complexity index is 249. The highest BCUT2D eigenvalue weighted by Crippen LogP contribution is 2.14. The molecule has 0 fully saturated rings. The van der Waals surface area contributed by atoms with Crippen LogP contribution in [-0.4, -0.2) is 25.4 Å².